The molecular weight excluding hydrogens is 228 g/mol. The summed E-state index contributed by atoms with van der Waals surface area (Å²) >= 11 is 0. The third kappa shape index (κ3) is 2.00. The molecule has 2 rings (SSSR count). The van der Waals surface area contributed by atoms with E-state index < -0.39 is 11.9 Å². The van der Waals surface area contributed by atoms with Crippen LogP contribution in [0.2, 0.25) is 0 Å². The smallest absolute Gasteiger partial charge is 0.278 e. The van der Waals surface area contributed by atoms with E-state index in [9.17, 15) is 13.6 Å². The van der Waals surface area contributed by atoms with Crippen molar-refractivity contribution >= 4 is 10.9 Å². The van der Waals surface area contributed by atoms with E-state index in [1.807, 2.05) is 0 Å². The average molecular weight is 239 g/mol. The molecule has 0 spiro atoms. The number of alkyl halides is 2. The SMILES string of the molecule is COc1cc(C)c2[nH]c(C(F)F)cc(=O)c2c1. The fraction of sp³-hybridized carbons (Fsp3) is 0.250. The number of H-pyrrole nitrogens is 1. The van der Waals surface area contributed by atoms with E-state index >= 15 is 0 Å². The Hall–Kier alpha value is -1.91. The summed E-state index contributed by atoms with van der Waals surface area (Å²) < 4.78 is 30.1. The van der Waals surface area contributed by atoms with Gasteiger partial charge < -0.3 is 9.72 Å². The van der Waals surface area contributed by atoms with E-state index in [4.69, 9.17) is 4.74 Å². The fourth-order valence-corrected chi connectivity index (χ4v) is 1.75. The zero-order valence-corrected chi connectivity index (χ0v) is 9.38. The van der Waals surface area contributed by atoms with Crippen molar-refractivity contribution in [2.75, 3.05) is 7.11 Å². The number of benzene rings is 1. The van der Waals surface area contributed by atoms with Crippen LogP contribution in [0.5, 0.6) is 5.75 Å². The number of aromatic nitrogens is 1. The van der Waals surface area contributed by atoms with E-state index in [-0.39, 0.29) is 5.69 Å². The van der Waals surface area contributed by atoms with Crippen LogP contribution >= 0.6 is 0 Å². The van der Waals surface area contributed by atoms with Crippen molar-refractivity contribution < 1.29 is 13.5 Å². The number of aromatic amines is 1. The Morgan fingerprint density at radius 3 is 2.59 bits per heavy atom. The summed E-state index contributed by atoms with van der Waals surface area (Å²) in [6, 6.07) is 4.15. The van der Waals surface area contributed by atoms with Gasteiger partial charge in [0.2, 0.25) is 0 Å². The second-order valence-electron chi connectivity index (χ2n) is 3.76. The van der Waals surface area contributed by atoms with Gasteiger partial charge in [-0.3, -0.25) is 4.79 Å². The van der Waals surface area contributed by atoms with Gasteiger partial charge in [-0.2, -0.15) is 0 Å². The van der Waals surface area contributed by atoms with E-state index in [1.54, 1.807) is 13.0 Å². The molecule has 0 amide bonds. The lowest BCUT2D eigenvalue weighted by Crippen LogP contribution is -2.06. The van der Waals surface area contributed by atoms with Crippen molar-refractivity contribution in [3.63, 3.8) is 0 Å². The number of halogens is 2. The number of nitrogens with one attached hydrogen (secondary N) is 1. The zero-order chi connectivity index (χ0) is 12.6. The highest BCUT2D eigenvalue weighted by Gasteiger charge is 2.12. The Balaban J connectivity index is 2.81. The second kappa shape index (κ2) is 4.16. The normalized spacial score (nSPS) is 11.1. The van der Waals surface area contributed by atoms with Crippen LogP contribution in [0.4, 0.5) is 8.78 Å². The van der Waals surface area contributed by atoms with Crippen molar-refractivity contribution in [1.82, 2.24) is 4.98 Å². The molecule has 90 valence electrons. The number of ether oxygens (including phenoxy) is 1. The van der Waals surface area contributed by atoms with E-state index in [1.165, 1.54) is 13.2 Å². The number of fused-ring (bicyclic) bond motifs is 1. The maximum atomic E-state index is 12.6. The van der Waals surface area contributed by atoms with Gasteiger partial charge in [-0.05, 0) is 24.6 Å². The van der Waals surface area contributed by atoms with E-state index in [2.05, 4.69) is 4.98 Å². The number of methoxy groups -OCH3 is 1. The number of hydrogen-bond donors (Lipinski definition) is 1. The lowest BCUT2D eigenvalue weighted by Gasteiger charge is -2.08. The summed E-state index contributed by atoms with van der Waals surface area (Å²) in [7, 11) is 1.49. The van der Waals surface area contributed by atoms with Crippen LogP contribution in [-0.2, 0) is 0 Å². The predicted molar refractivity (Wildman–Crippen MR) is 60.8 cm³/mol. The van der Waals surface area contributed by atoms with Gasteiger partial charge in [0.25, 0.3) is 6.43 Å². The van der Waals surface area contributed by atoms with Crippen LogP contribution < -0.4 is 10.2 Å². The van der Waals surface area contributed by atoms with Gasteiger partial charge in [-0.25, -0.2) is 8.78 Å². The topological polar surface area (TPSA) is 42.1 Å². The van der Waals surface area contributed by atoms with Gasteiger partial charge in [0.05, 0.1) is 18.3 Å². The lowest BCUT2D eigenvalue weighted by atomic mass is 10.1. The van der Waals surface area contributed by atoms with Crippen molar-refractivity contribution in [1.29, 1.82) is 0 Å². The van der Waals surface area contributed by atoms with Crippen molar-refractivity contribution in [2.24, 2.45) is 0 Å². The molecule has 0 saturated heterocycles. The van der Waals surface area contributed by atoms with Gasteiger partial charge in [0, 0.05) is 11.5 Å². The molecule has 0 fully saturated rings. The van der Waals surface area contributed by atoms with Crippen LogP contribution in [0.3, 0.4) is 0 Å². The minimum absolute atomic E-state index is 0.353. The number of aryl methyl sites for hydroxylation is 1. The first kappa shape index (κ1) is 11.6. The number of pyridine rings is 1. The predicted octanol–water partition coefficient (Wildman–Crippen LogP) is 2.78. The second-order valence-corrected chi connectivity index (χ2v) is 3.76. The van der Waals surface area contributed by atoms with Crippen LogP contribution in [-0.4, -0.2) is 12.1 Å². The van der Waals surface area contributed by atoms with Crippen LogP contribution in [0.15, 0.2) is 23.0 Å². The Labute approximate surface area is 96.0 Å². The minimum atomic E-state index is -2.69. The van der Waals surface area contributed by atoms with Crippen molar-refractivity contribution in [2.45, 2.75) is 13.3 Å². The highest BCUT2D eigenvalue weighted by molar-refractivity contribution is 5.83. The summed E-state index contributed by atoms with van der Waals surface area (Å²) in [6.45, 7) is 1.73. The Bertz CT molecular complexity index is 620. The highest BCUT2D eigenvalue weighted by Crippen LogP contribution is 2.23. The summed E-state index contributed by atoms with van der Waals surface area (Å²) in [5.41, 5.74) is 0.319. The third-order valence-electron chi connectivity index (χ3n) is 2.60. The molecule has 0 saturated carbocycles. The van der Waals surface area contributed by atoms with Crippen LogP contribution in [0.25, 0.3) is 10.9 Å². The Kier molecular flexibility index (Phi) is 2.83. The molecule has 5 heteroatoms. The first-order valence-corrected chi connectivity index (χ1v) is 5.02. The van der Waals surface area contributed by atoms with Gasteiger partial charge in [0.1, 0.15) is 5.75 Å². The molecule has 0 aliphatic carbocycles. The average Bonchev–Trinajstić information content (AvgIpc) is 2.29. The molecule has 17 heavy (non-hydrogen) atoms. The van der Waals surface area contributed by atoms with Gasteiger partial charge in [-0.15, -0.1) is 0 Å². The molecule has 1 N–H and O–H groups in total. The molecule has 0 atom stereocenters. The Morgan fingerprint density at radius 2 is 2.00 bits per heavy atom. The molecule has 0 bridgehead atoms. The first-order valence-electron chi connectivity index (χ1n) is 5.02. The molecule has 2 aromatic rings. The summed E-state index contributed by atoms with van der Waals surface area (Å²) in [5, 5.41) is 0.353. The molecular formula is C12H11F2NO2. The fourth-order valence-electron chi connectivity index (χ4n) is 1.75. The minimum Gasteiger partial charge on any atom is -0.497 e. The maximum Gasteiger partial charge on any atom is 0.278 e. The molecule has 0 radical (unpaired) electrons. The quantitative estimate of drug-likeness (QED) is 0.875. The summed E-state index contributed by atoms with van der Waals surface area (Å²) in [5.74, 6) is 0.533. The molecule has 1 aromatic heterocycles. The summed E-state index contributed by atoms with van der Waals surface area (Å²) in [4.78, 5) is 14.3. The zero-order valence-electron chi connectivity index (χ0n) is 9.38. The Morgan fingerprint density at radius 1 is 1.29 bits per heavy atom. The first-order chi connectivity index (χ1) is 8.02. The highest BCUT2D eigenvalue weighted by atomic mass is 19.3. The molecule has 1 heterocycles. The molecule has 1 aromatic carbocycles. The monoisotopic (exact) mass is 239 g/mol. The number of rotatable bonds is 2. The maximum absolute atomic E-state index is 12.6. The molecule has 0 unspecified atom stereocenters. The van der Waals surface area contributed by atoms with E-state index in [0.29, 0.717) is 22.2 Å². The van der Waals surface area contributed by atoms with E-state index in [0.717, 1.165) is 6.07 Å². The van der Waals surface area contributed by atoms with Crippen molar-refractivity contribution in [3.05, 3.63) is 39.7 Å². The van der Waals surface area contributed by atoms with Crippen LogP contribution in [0.1, 0.15) is 17.7 Å². The van der Waals surface area contributed by atoms with Crippen LogP contribution in [0, 0.1) is 6.92 Å². The standard InChI is InChI=1S/C12H11F2NO2/c1-6-3-7(17-2)4-8-10(16)5-9(12(13)14)15-11(6)8/h3-5,12H,1-2H3,(H,15,16). The van der Waals surface area contributed by atoms with Gasteiger partial charge >= 0.3 is 0 Å². The van der Waals surface area contributed by atoms with Gasteiger partial charge in [-0.1, -0.05) is 0 Å². The lowest BCUT2D eigenvalue weighted by molar-refractivity contribution is 0.146. The largest absolute Gasteiger partial charge is 0.497 e. The summed E-state index contributed by atoms with van der Waals surface area (Å²) in [6.07, 6.45) is -2.69. The third-order valence-corrected chi connectivity index (χ3v) is 2.60. The van der Waals surface area contributed by atoms with Gasteiger partial charge in [0.15, 0.2) is 5.43 Å². The molecule has 0 aliphatic rings. The van der Waals surface area contributed by atoms with Crippen molar-refractivity contribution in [3.8, 4) is 5.75 Å². The molecule has 3 nitrogen and oxygen atoms in total. The molecule has 0 aliphatic heterocycles. The number of hydrogen-bond acceptors (Lipinski definition) is 2.